The summed E-state index contributed by atoms with van der Waals surface area (Å²) >= 11 is 0. The molecule has 0 heterocycles. The molecule has 0 saturated carbocycles. The molecule has 0 saturated heterocycles. The van der Waals surface area contributed by atoms with Gasteiger partial charge in [-0.2, -0.15) is 5.26 Å². The Hall–Kier alpha value is -4.67. The molecule has 0 radical (unpaired) electrons. The largest absolute Gasteiger partial charge is 0.192 e. The second kappa shape index (κ2) is 9.86. The van der Waals surface area contributed by atoms with E-state index in [-0.39, 0.29) is 0 Å². The summed E-state index contributed by atoms with van der Waals surface area (Å²) in [6.45, 7) is 0. The highest BCUT2D eigenvalue weighted by Gasteiger charge is 2.23. The summed E-state index contributed by atoms with van der Waals surface area (Å²) in [6.07, 6.45) is 0. The Balaban J connectivity index is 1.72. The van der Waals surface area contributed by atoms with E-state index < -0.39 is 0 Å². The molecule has 160 valence electrons. The molecule has 0 bridgehead atoms. The average molecular weight is 434 g/mol. The molecular weight excluding hydrogens is 410 g/mol. The number of nitrogens with zero attached hydrogens (tertiary/aromatic N) is 1. The zero-order valence-corrected chi connectivity index (χ0v) is 18.7. The lowest BCUT2D eigenvalue weighted by atomic mass is 9.80. The van der Waals surface area contributed by atoms with E-state index in [1.54, 1.807) is 0 Å². The van der Waals surface area contributed by atoms with Crippen molar-refractivity contribution in [1.82, 2.24) is 0 Å². The third-order valence-electron chi connectivity index (χ3n) is 5.89. The Morgan fingerprint density at radius 2 is 0.912 bits per heavy atom. The maximum absolute atomic E-state index is 9.96. The van der Waals surface area contributed by atoms with Crippen LogP contribution in [0.4, 0.5) is 0 Å². The van der Waals surface area contributed by atoms with Crippen molar-refractivity contribution in [3.8, 4) is 6.07 Å². The minimum Gasteiger partial charge on any atom is -0.192 e. The fourth-order valence-corrected chi connectivity index (χ4v) is 4.40. The number of hydrogen-bond acceptors (Lipinski definition) is 1. The minimum absolute atomic E-state index is 0.640. The van der Waals surface area contributed by atoms with Crippen molar-refractivity contribution in [3.63, 3.8) is 0 Å². The van der Waals surface area contributed by atoms with Gasteiger partial charge in [-0.15, -0.1) is 0 Å². The molecule has 5 aromatic rings. The van der Waals surface area contributed by atoms with Gasteiger partial charge in [-0.05, 0) is 54.6 Å². The molecule has 0 aliphatic carbocycles. The van der Waals surface area contributed by atoms with E-state index in [2.05, 4.69) is 109 Å². The van der Waals surface area contributed by atoms with Gasteiger partial charge in [0.2, 0.25) is 0 Å². The second-order valence-electron chi connectivity index (χ2n) is 8.12. The number of rotatable bonds is 6. The van der Waals surface area contributed by atoms with E-state index in [0.717, 1.165) is 45.2 Å². The van der Waals surface area contributed by atoms with Gasteiger partial charge in [0.15, 0.2) is 0 Å². The zero-order chi connectivity index (χ0) is 23.2. The summed E-state index contributed by atoms with van der Waals surface area (Å²) in [6, 6.07) is 50.1. The Morgan fingerprint density at radius 3 is 1.35 bits per heavy atom. The van der Waals surface area contributed by atoms with Crippen molar-refractivity contribution >= 4 is 0 Å². The molecule has 5 aromatic carbocycles. The number of benzene rings is 5. The van der Waals surface area contributed by atoms with Crippen molar-refractivity contribution in [2.45, 2.75) is 0 Å². The first-order valence-corrected chi connectivity index (χ1v) is 11.3. The van der Waals surface area contributed by atoms with E-state index in [1.807, 2.05) is 36.4 Å². The van der Waals surface area contributed by atoms with Crippen LogP contribution in [0.25, 0.3) is 0 Å². The molecule has 0 unspecified atom stereocenters. The molecule has 34 heavy (non-hydrogen) atoms. The van der Waals surface area contributed by atoms with Gasteiger partial charge in [0.1, 0.15) is 0 Å². The van der Waals surface area contributed by atoms with Crippen LogP contribution >= 0.6 is 0 Å². The maximum Gasteiger partial charge on any atom is 0.0993 e. The van der Waals surface area contributed by atoms with Crippen LogP contribution in [0.15, 0.2) is 140 Å². The molecule has 0 spiro atoms. The summed E-state index contributed by atoms with van der Waals surface area (Å²) in [5, 5.41) is 9.96. The standard InChI is InChI=1S/C33H23N/c34-24-25-21-30(32(26-13-5-1-6-14-26)27-15-7-2-8-16-27)23-31(22-25)33(28-17-9-3-10-18-28)29-19-11-4-12-20-29/h1-23H. The van der Waals surface area contributed by atoms with E-state index in [1.165, 1.54) is 0 Å². The third kappa shape index (κ3) is 4.44. The fourth-order valence-electron chi connectivity index (χ4n) is 4.40. The summed E-state index contributed by atoms with van der Waals surface area (Å²) in [7, 11) is 0. The van der Waals surface area contributed by atoms with Gasteiger partial charge in [-0.25, -0.2) is 0 Å². The predicted octanol–water partition coefficient (Wildman–Crippen LogP) is 7.60. The minimum atomic E-state index is 0.640. The van der Waals surface area contributed by atoms with Crippen molar-refractivity contribution in [2.24, 2.45) is 0 Å². The Labute approximate surface area is 201 Å². The number of hydrogen-bond donors (Lipinski definition) is 0. The van der Waals surface area contributed by atoms with E-state index in [9.17, 15) is 5.26 Å². The van der Waals surface area contributed by atoms with Crippen LogP contribution in [0.2, 0.25) is 0 Å². The van der Waals surface area contributed by atoms with Gasteiger partial charge in [0, 0.05) is 5.56 Å². The normalized spacial score (nSPS) is 10.3. The maximum atomic E-state index is 9.96. The van der Waals surface area contributed by atoms with Crippen LogP contribution in [-0.4, -0.2) is 0 Å². The highest BCUT2D eigenvalue weighted by Crippen LogP contribution is 2.36. The zero-order valence-electron chi connectivity index (χ0n) is 18.7. The molecular formula is C33H23N. The molecule has 0 aliphatic rings. The van der Waals surface area contributed by atoms with E-state index in [0.29, 0.717) is 5.56 Å². The summed E-state index contributed by atoms with van der Waals surface area (Å²) in [5.41, 5.74) is 7.17. The summed E-state index contributed by atoms with van der Waals surface area (Å²) in [4.78, 5) is 0. The second-order valence-corrected chi connectivity index (χ2v) is 8.12. The van der Waals surface area contributed by atoms with Gasteiger partial charge >= 0.3 is 0 Å². The Kier molecular flexibility index (Phi) is 6.14. The van der Waals surface area contributed by atoms with Crippen LogP contribution in [0.5, 0.6) is 0 Å². The first kappa shape index (κ1) is 21.2. The van der Waals surface area contributed by atoms with E-state index >= 15 is 0 Å². The quantitative estimate of drug-likeness (QED) is 0.200. The molecule has 1 heteroatoms. The lowest BCUT2D eigenvalue weighted by Crippen LogP contribution is -2.09. The van der Waals surface area contributed by atoms with Gasteiger partial charge in [0.25, 0.3) is 0 Å². The van der Waals surface area contributed by atoms with Crippen molar-refractivity contribution in [2.75, 3.05) is 0 Å². The lowest BCUT2D eigenvalue weighted by Gasteiger charge is -2.26. The van der Waals surface area contributed by atoms with Crippen molar-refractivity contribution in [1.29, 1.82) is 5.26 Å². The van der Waals surface area contributed by atoms with Crippen LogP contribution in [0, 0.1) is 23.2 Å². The topological polar surface area (TPSA) is 23.8 Å². The molecule has 0 aliphatic heterocycles. The molecule has 0 fully saturated rings. The van der Waals surface area contributed by atoms with Crippen LogP contribution in [0.3, 0.4) is 0 Å². The van der Waals surface area contributed by atoms with Crippen molar-refractivity contribution < 1.29 is 0 Å². The van der Waals surface area contributed by atoms with Crippen LogP contribution < -0.4 is 0 Å². The SMILES string of the molecule is N#Cc1cc([C+](c2ccccc2)c2ccccc2)cc([C-](c2ccccc2)c2ccccc2)c1. The highest BCUT2D eigenvalue weighted by molar-refractivity contribution is 5.64. The third-order valence-corrected chi connectivity index (χ3v) is 5.89. The molecule has 0 atom stereocenters. The summed E-state index contributed by atoms with van der Waals surface area (Å²) < 4.78 is 0. The van der Waals surface area contributed by atoms with Crippen LogP contribution in [0.1, 0.15) is 38.9 Å². The smallest absolute Gasteiger partial charge is 0.0993 e. The van der Waals surface area contributed by atoms with Gasteiger partial charge in [0.05, 0.1) is 28.7 Å². The van der Waals surface area contributed by atoms with Gasteiger partial charge in [-0.1, -0.05) is 108 Å². The Bertz CT molecular complexity index is 1210. The first-order valence-electron chi connectivity index (χ1n) is 11.3. The van der Waals surface area contributed by atoms with Crippen LogP contribution in [-0.2, 0) is 0 Å². The van der Waals surface area contributed by atoms with E-state index in [4.69, 9.17) is 0 Å². The molecule has 0 amide bonds. The van der Waals surface area contributed by atoms with Gasteiger partial charge in [-0.3, -0.25) is 0 Å². The molecule has 0 aromatic heterocycles. The molecule has 0 N–H and O–H groups in total. The fraction of sp³-hybridized carbons (Fsp3) is 0. The Morgan fingerprint density at radius 1 is 0.471 bits per heavy atom. The van der Waals surface area contributed by atoms with Gasteiger partial charge < -0.3 is 0 Å². The average Bonchev–Trinajstić information content (AvgIpc) is 2.91. The monoisotopic (exact) mass is 433 g/mol. The number of nitriles is 1. The molecule has 5 rings (SSSR count). The summed E-state index contributed by atoms with van der Waals surface area (Å²) in [5.74, 6) is 2.22. The first-order chi connectivity index (χ1) is 16.8. The predicted molar refractivity (Wildman–Crippen MR) is 138 cm³/mol. The highest BCUT2D eigenvalue weighted by atomic mass is 14.3. The lowest BCUT2D eigenvalue weighted by molar-refractivity contribution is 1.18. The van der Waals surface area contributed by atoms with Crippen molar-refractivity contribution in [3.05, 3.63) is 190 Å². The molecule has 1 nitrogen and oxygen atoms in total.